The van der Waals surface area contributed by atoms with E-state index in [0.717, 1.165) is 42.2 Å². The van der Waals surface area contributed by atoms with Crippen molar-refractivity contribution in [2.75, 3.05) is 18.0 Å². The Labute approximate surface area is 118 Å². The van der Waals surface area contributed by atoms with Crippen LogP contribution in [0.15, 0.2) is 18.2 Å². The molecule has 1 heterocycles. The van der Waals surface area contributed by atoms with E-state index in [4.69, 9.17) is 16.7 Å². The van der Waals surface area contributed by atoms with Crippen LogP contribution in [0.4, 0.5) is 5.69 Å². The summed E-state index contributed by atoms with van der Waals surface area (Å²) in [7, 11) is 0. The lowest BCUT2D eigenvalue weighted by atomic mass is 9.92. The maximum atomic E-state index is 10.9. The lowest BCUT2D eigenvalue weighted by molar-refractivity contribution is -0.137. The SMILES string of the molecule is O=C(O)CC1(c2ccc(N3CCCC3)c(Cl)c2)CC1. The van der Waals surface area contributed by atoms with Gasteiger partial charge in [-0.15, -0.1) is 0 Å². The van der Waals surface area contributed by atoms with E-state index in [-0.39, 0.29) is 11.8 Å². The minimum absolute atomic E-state index is 0.154. The molecular formula is C15H18ClNO2. The minimum atomic E-state index is -0.725. The number of aliphatic carboxylic acids is 1. The monoisotopic (exact) mass is 279 g/mol. The molecule has 1 aromatic carbocycles. The fourth-order valence-corrected chi connectivity index (χ4v) is 3.36. The smallest absolute Gasteiger partial charge is 0.304 e. The maximum absolute atomic E-state index is 10.9. The zero-order valence-corrected chi connectivity index (χ0v) is 11.6. The molecule has 1 saturated carbocycles. The molecule has 1 N–H and O–H groups in total. The number of anilines is 1. The second kappa shape index (κ2) is 4.71. The first-order valence-electron chi connectivity index (χ1n) is 6.88. The fourth-order valence-electron chi connectivity index (χ4n) is 3.06. The van der Waals surface area contributed by atoms with E-state index >= 15 is 0 Å². The Bertz CT molecular complexity index is 505. The van der Waals surface area contributed by atoms with Gasteiger partial charge in [-0.1, -0.05) is 17.7 Å². The summed E-state index contributed by atoms with van der Waals surface area (Å²) in [6.45, 7) is 2.14. The van der Waals surface area contributed by atoms with Gasteiger partial charge in [-0.05, 0) is 43.4 Å². The third kappa shape index (κ3) is 2.44. The summed E-state index contributed by atoms with van der Waals surface area (Å²) in [6.07, 6.45) is 4.58. The summed E-state index contributed by atoms with van der Waals surface area (Å²) >= 11 is 6.39. The van der Waals surface area contributed by atoms with Crippen molar-refractivity contribution < 1.29 is 9.90 Å². The van der Waals surface area contributed by atoms with Crippen molar-refractivity contribution in [1.82, 2.24) is 0 Å². The molecule has 0 bridgehead atoms. The van der Waals surface area contributed by atoms with Crippen LogP contribution in [0.3, 0.4) is 0 Å². The normalized spacial score (nSPS) is 20.6. The largest absolute Gasteiger partial charge is 0.481 e. The second-order valence-electron chi connectivity index (χ2n) is 5.71. The summed E-state index contributed by atoms with van der Waals surface area (Å²) in [5.74, 6) is -0.725. The van der Waals surface area contributed by atoms with E-state index < -0.39 is 5.97 Å². The number of halogens is 1. The van der Waals surface area contributed by atoms with Crippen molar-refractivity contribution in [3.05, 3.63) is 28.8 Å². The Hall–Kier alpha value is -1.22. The van der Waals surface area contributed by atoms with E-state index in [1.54, 1.807) is 0 Å². The summed E-state index contributed by atoms with van der Waals surface area (Å²) in [4.78, 5) is 13.3. The molecule has 0 radical (unpaired) electrons. The Balaban J connectivity index is 1.85. The zero-order valence-electron chi connectivity index (χ0n) is 10.9. The predicted octanol–water partition coefficient (Wildman–Crippen LogP) is 3.45. The van der Waals surface area contributed by atoms with Gasteiger partial charge in [-0.25, -0.2) is 0 Å². The van der Waals surface area contributed by atoms with Crippen molar-refractivity contribution in [3.63, 3.8) is 0 Å². The first-order chi connectivity index (χ1) is 9.11. The molecule has 0 aromatic heterocycles. The molecule has 4 heteroatoms. The van der Waals surface area contributed by atoms with Gasteiger partial charge in [0.05, 0.1) is 17.1 Å². The summed E-state index contributed by atoms with van der Waals surface area (Å²) in [5.41, 5.74) is 2.02. The van der Waals surface area contributed by atoms with Crippen LogP contribution < -0.4 is 4.90 Å². The quantitative estimate of drug-likeness (QED) is 0.918. The van der Waals surface area contributed by atoms with Crippen LogP contribution in [-0.4, -0.2) is 24.2 Å². The van der Waals surface area contributed by atoms with E-state index in [1.807, 2.05) is 6.07 Å². The van der Waals surface area contributed by atoms with E-state index in [9.17, 15) is 4.79 Å². The van der Waals surface area contributed by atoms with Crippen molar-refractivity contribution in [3.8, 4) is 0 Å². The maximum Gasteiger partial charge on any atom is 0.304 e. The third-order valence-electron chi connectivity index (χ3n) is 4.35. The number of rotatable bonds is 4. The molecule has 19 heavy (non-hydrogen) atoms. The second-order valence-corrected chi connectivity index (χ2v) is 6.12. The summed E-state index contributed by atoms with van der Waals surface area (Å²) in [5, 5.41) is 9.77. The molecule has 1 aliphatic heterocycles. The number of carboxylic acid groups (broad SMARTS) is 1. The Kier molecular flexibility index (Phi) is 3.17. The van der Waals surface area contributed by atoms with E-state index in [0.29, 0.717) is 0 Å². The number of carboxylic acids is 1. The van der Waals surface area contributed by atoms with Crippen molar-refractivity contribution >= 4 is 23.3 Å². The lowest BCUT2D eigenvalue weighted by Gasteiger charge is -2.21. The topological polar surface area (TPSA) is 40.5 Å². The van der Waals surface area contributed by atoms with E-state index in [2.05, 4.69) is 17.0 Å². The highest BCUT2D eigenvalue weighted by Gasteiger charge is 2.46. The Morgan fingerprint density at radius 1 is 1.32 bits per heavy atom. The Morgan fingerprint density at radius 3 is 2.53 bits per heavy atom. The molecule has 0 spiro atoms. The highest BCUT2D eigenvalue weighted by atomic mass is 35.5. The highest BCUT2D eigenvalue weighted by molar-refractivity contribution is 6.33. The Morgan fingerprint density at radius 2 is 2.00 bits per heavy atom. The number of benzene rings is 1. The summed E-state index contributed by atoms with van der Waals surface area (Å²) in [6, 6.07) is 6.10. The van der Waals surface area contributed by atoms with Gasteiger partial charge in [-0.3, -0.25) is 4.79 Å². The highest BCUT2D eigenvalue weighted by Crippen LogP contribution is 2.52. The summed E-state index contributed by atoms with van der Waals surface area (Å²) < 4.78 is 0. The van der Waals surface area contributed by atoms with Crippen molar-refractivity contribution in [2.24, 2.45) is 0 Å². The number of carbonyl (C=O) groups is 1. The molecule has 0 atom stereocenters. The molecule has 2 fully saturated rings. The lowest BCUT2D eigenvalue weighted by Crippen LogP contribution is -2.18. The van der Waals surface area contributed by atoms with Gasteiger partial charge >= 0.3 is 5.97 Å². The molecule has 0 amide bonds. The number of hydrogen-bond acceptors (Lipinski definition) is 2. The average molecular weight is 280 g/mol. The van der Waals surface area contributed by atoms with E-state index in [1.165, 1.54) is 12.8 Å². The van der Waals surface area contributed by atoms with Crippen LogP contribution >= 0.6 is 11.6 Å². The first kappa shape index (κ1) is 12.8. The molecular weight excluding hydrogens is 262 g/mol. The van der Waals surface area contributed by atoms with Crippen LogP contribution in [0.2, 0.25) is 5.02 Å². The molecule has 1 aliphatic carbocycles. The van der Waals surface area contributed by atoms with Crippen LogP contribution in [0, 0.1) is 0 Å². The van der Waals surface area contributed by atoms with Gasteiger partial charge in [0.25, 0.3) is 0 Å². The number of nitrogens with zero attached hydrogens (tertiary/aromatic N) is 1. The standard InChI is InChI=1S/C15H18ClNO2/c16-12-9-11(15(5-6-15)10-14(18)19)3-4-13(12)17-7-1-2-8-17/h3-4,9H,1-2,5-8,10H2,(H,18,19). The molecule has 3 nitrogen and oxygen atoms in total. The van der Waals surface area contributed by atoms with Crippen LogP contribution in [0.1, 0.15) is 37.7 Å². The first-order valence-corrected chi connectivity index (χ1v) is 7.25. The molecule has 1 aromatic rings. The predicted molar refractivity (Wildman–Crippen MR) is 76.1 cm³/mol. The van der Waals surface area contributed by atoms with Gasteiger partial charge in [0.1, 0.15) is 0 Å². The molecule has 1 saturated heterocycles. The van der Waals surface area contributed by atoms with Crippen molar-refractivity contribution in [1.29, 1.82) is 0 Å². The van der Waals surface area contributed by atoms with Crippen molar-refractivity contribution in [2.45, 2.75) is 37.5 Å². The molecule has 3 rings (SSSR count). The zero-order chi connectivity index (χ0) is 13.5. The van der Waals surface area contributed by atoms with Crippen LogP contribution in [0.5, 0.6) is 0 Å². The third-order valence-corrected chi connectivity index (χ3v) is 4.65. The molecule has 0 unspecified atom stereocenters. The fraction of sp³-hybridized carbons (Fsp3) is 0.533. The molecule has 102 valence electrons. The van der Waals surface area contributed by atoms with Gasteiger partial charge in [0, 0.05) is 18.5 Å². The van der Waals surface area contributed by atoms with Crippen LogP contribution in [-0.2, 0) is 10.2 Å². The van der Waals surface area contributed by atoms with Gasteiger partial charge in [0.2, 0.25) is 0 Å². The minimum Gasteiger partial charge on any atom is -0.481 e. The number of hydrogen-bond donors (Lipinski definition) is 1. The van der Waals surface area contributed by atoms with Gasteiger partial charge in [-0.2, -0.15) is 0 Å². The van der Waals surface area contributed by atoms with Gasteiger partial charge in [0.15, 0.2) is 0 Å². The van der Waals surface area contributed by atoms with Crippen LogP contribution in [0.25, 0.3) is 0 Å². The average Bonchev–Trinajstić information content (AvgIpc) is 2.93. The van der Waals surface area contributed by atoms with Gasteiger partial charge < -0.3 is 10.0 Å². The molecule has 2 aliphatic rings.